The summed E-state index contributed by atoms with van der Waals surface area (Å²) in [5, 5.41) is 2.96. The van der Waals surface area contributed by atoms with Crippen LogP contribution in [0, 0.1) is 0 Å². The topological polar surface area (TPSA) is 66.0 Å². The highest BCUT2D eigenvalue weighted by Crippen LogP contribution is 2.46. The average Bonchev–Trinajstić information content (AvgIpc) is 2.78. The van der Waals surface area contributed by atoms with E-state index < -0.39 is 0 Å². The zero-order chi connectivity index (χ0) is 21.1. The van der Waals surface area contributed by atoms with E-state index in [4.69, 9.17) is 18.9 Å². The predicted octanol–water partition coefficient (Wildman–Crippen LogP) is 4.98. The first-order valence-corrected chi connectivity index (χ1v) is 9.60. The van der Waals surface area contributed by atoms with Crippen LogP contribution in [0.25, 0.3) is 0 Å². The fourth-order valence-corrected chi connectivity index (χ4v) is 3.73. The largest absolute Gasteiger partial charge is 0.496 e. The van der Waals surface area contributed by atoms with Gasteiger partial charge >= 0.3 is 0 Å². The van der Waals surface area contributed by atoms with Crippen molar-refractivity contribution in [3.8, 4) is 28.7 Å². The molecule has 0 saturated heterocycles. The van der Waals surface area contributed by atoms with Crippen molar-refractivity contribution >= 4 is 11.6 Å². The number of hydrogen-bond donors (Lipinski definition) is 1. The molecule has 0 radical (unpaired) electrons. The molecule has 0 fully saturated rings. The monoisotopic (exact) mass is 405 g/mol. The van der Waals surface area contributed by atoms with Crippen molar-refractivity contribution in [1.82, 2.24) is 0 Å². The third-order valence-corrected chi connectivity index (χ3v) is 5.18. The summed E-state index contributed by atoms with van der Waals surface area (Å²) in [6.45, 7) is 0. The van der Waals surface area contributed by atoms with Gasteiger partial charge in [0, 0.05) is 35.6 Å². The number of benzene rings is 3. The standard InChI is InChI=1S/C24H23NO5/c1-27-15-12-21(28-2)24(22(13-15)29-3)25-23(26)14-18-16-8-4-6-10-19(16)30-20-11-7-5-9-17(18)20/h4-13,18H,14H2,1-3H3,(H,25,26). The maximum absolute atomic E-state index is 13.1. The zero-order valence-corrected chi connectivity index (χ0v) is 17.1. The molecule has 3 aromatic rings. The molecule has 6 nitrogen and oxygen atoms in total. The molecule has 1 aliphatic rings. The van der Waals surface area contributed by atoms with Crippen LogP contribution < -0.4 is 24.3 Å². The Morgan fingerprint density at radius 3 is 1.90 bits per heavy atom. The van der Waals surface area contributed by atoms with Crippen LogP contribution in [0.15, 0.2) is 60.7 Å². The highest BCUT2D eigenvalue weighted by Gasteiger charge is 2.29. The van der Waals surface area contributed by atoms with Crippen LogP contribution in [0.3, 0.4) is 0 Å². The minimum atomic E-state index is -0.159. The fraction of sp³-hybridized carbons (Fsp3) is 0.208. The third-order valence-electron chi connectivity index (χ3n) is 5.18. The maximum Gasteiger partial charge on any atom is 0.225 e. The molecule has 1 amide bonds. The molecule has 0 bridgehead atoms. The molecule has 30 heavy (non-hydrogen) atoms. The predicted molar refractivity (Wildman–Crippen MR) is 114 cm³/mol. The Bertz CT molecular complexity index is 1010. The Hall–Kier alpha value is -3.67. The van der Waals surface area contributed by atoms with Gasteiger partial charge in [-0.05, 0) is 12.1 Å². The van der Waals surface area contributed by atoms with Gasteiger partial charge in [-0.2, -0.15) is 0 Å². The van der Waals surface area contributed by atoms with Crippen LogP contribution in [0.1, 0.15) is 23.5 Å². The fourth-order valence-electron chi connectivity index (χ4n) is 3.73. The number of hydrogen-bond acceptors (Lipinski definition) is 5. The van der Waals surface area contributed by atoms with Crippen LogP contribution >= 0.6 is 0 Å². The van der Waals surface area contributed by atoms with Crippen molar-refractivity contribution in [2.24, 2.45) is 0 Å². The summed E-state index contributed by atoms with van der Waals surface area (Å²) in [6, 6.07) is 19.0. The van der Waals surface area contributed by atoms with E-state index in [9.17, 15) is 4.79 Å². The molecule has 1 heterocycles. The lowest BCUT2D eigenvalue weighted by atomic mass is 9.85. The summed E-state index contributed by atoms with van der Waals surface area (Å²) in [5.41, 5.74) is 2.44. The summed E-state index contributed by atoms with van der Waals surface area (Å²) in [7, 11) is 4.64. The second-order valence-electron chi connectivity index (χ2n) is 6.89. The number of rotatable bonds is 6. The van der Waals surface area contributed by atoms with Crippen LogP contribution in [0.5, 0.6) is 28.7 Å². The average molecular weight is 405 g/mol. The van der Waals surface area contributed by atoms with Gasteiger partial charge in [-0.1, -0.05) is 36.4 Å². The summed E-state index contributed by atoms with van der Waals surface area (Å²) >= 11 is 0. The molecule has 1 aliphatic heterocycles. The number of fused-ring (bicyclic) bond motifs is 2. The summed E-state index contributed by atoms with van der Waals surface area (Å²) in [5.74, 6) is 2.77. The van der Waals surface area contributed by atoms with Crippen molar-refractivity contribution in [2.75, 3.05) is 26.6 Å². The van der Waals surface area contributed by atoms with Crippen molar-refractivity contribution in [2.45, 2.75) is 12.3 Å². The minimum Gasteiger partial charge on any atom is -0.496 e. The van der Waals surface area contributed by atoms with E-state index in [1.54, 1.807) is 19.2 Å². The van der Waals surface area contributed by atoms with E-state index >= 15 is 0 Å². The molecule has 0 atom stereocenters. The normalized spacial score (nSPS) is 12.2. The SMILES string of the molecule is COc1cc(OC)c(NC(=O)CC2c3ccccc3Oc3ccccc32)c(OC)c1. The molecule has 0 aromatic heterocycles. The summed E-state index contributed by atoms with van der Waals surface area (Å²) in [4.78, 5) is 13.1. The maximum atomic E-state index is 13.1. The van der Waals surface area contributed by atoms with Gasteiger partial charge in [0.1, 0.15) is 34.4 Å². The lowest BCUT2D eigenvalue weighted by Crippen LogP contribution is -2.19. The molecule has 4 rings (SSSR count). The molecule has 154 valence electrons. The Balaban J connectivity index is 1.65. The smallest absolute Gasteiger partial charge is 0.225 e. The van der Waals surface area contributed by atoms with Crippen LogP contribution in [-0.4, -0.2) is 27.2 Å². The number of carbonyl (C=O) groups is 1. The Kier molecular flexibility index (Phi) is 5.48. The van der Waals surface area contributed by atoms with Crippen LogP contribution in [0.2, 0.25) is 0 Å². The first kappa shape index (κ1) is 19.6. The molecule has 6 heteroatoms. The highest BCUT2D eigenvalue weighted by molar-refractivity contribution is 5.95. The number of carbonyl (C=O) groups excluding carboxylic acids is 1. The highest BCUT2D eigenvalue weighted by atomic mass is 16.5. The second-order valence-corrected chi connectivity index (χ2v) is 6.89. The third kappa shape index (κ3) is 3.64. The number of methoxy groups -OCH3 is 3. The Morgan fingerprint density at radius 1 is 0.867 bits per heavy atom. The van der Waals surface area contributed by atoms with E-state index in [0.29, 0.717) is 22.9 Å². The van der Waals surface area contributed by atoms with E-state index in [1.165, 1.54) is 14.2 Å². The summed E-state index contributed by atoms with van der Waals surface area (Å²) < 4.78 is 22.2. The van der Waals surface area contributed by atoms with Crippen LogP contribution in [-0.2, 0) is 4.79 Å². The molecule has 3 aromatic carbocycles. The van der Waals surface area contributed by atoms with E-state index in [2.05, 4.69) is 5.32 Å². The van der Waals surface area contributed by atoms with Crippen molar-refractivity contribution in [1.29, 1.82) is 0 Å². The molecule has 1 N–H and O–H groups in total. The lowest BCUT2D eigenvalue weighted by molar-refractivity contribution is -0.116. The van der Waals surface area contributed by atoms with E-state index in [1.807, 2.05) is 48.5 Å². The van der Waals surface area contributed by atoms with Gasteiger partial charge in [0.2, 0.25) is 5.91 Å². The molecule has 0 saturated carbocycles. The second kappa shape index (κ2) is 8.37. The van der Waals surface area contributed by atoms with Gasteiger partial charge in [0.05, 0.1) is 21.3 Å². The van der Waals surface area contributed by atoms with E-state index in [0.717, 1.165) is 22.6 Å². The van der Waals surface area contributed by atoms with Gasteiger partial charge in [0.15, 0.2) is 0 Å². The van der Waals surface area contributed by atoms with Crippen molar-refractivity contribution in [3.05, 3.63) is 71.8 Å². The number of amides is 1. The molecule has 0 unspecified atom stereocenters. The van der Waals surface area contributed by atoms with Crippen molar-refractivity contribution in [3.63, 3.8) is 0 Å². The Morgan fingerprint density at radius 2 is 1.40 bits per heavy atom. The number of anilines is 1. The molecule has 0 spiro atoms. The molecular weight excluding hydrogens is 382 g/mol. The zero-order valence-electron chi connectivity index (χ0n) is 17.1. The first-order chi connectivity index (χ1) is 14.6. The quantitative estimate of drug-likeness (QED) is 0.627. The molecule has 0 aliphatic carbocycles. The van der Waals surface area contributed by atoms with Gasteiger partial charge in [0.25, 0.3) is 0 Å². The number of nitrogens with one attached hydrogen (secondary N) is 1. The number of para-hydroxylation sites is 2. The van der Waals surface area contributed by atoms with E-state index in [-0.39, 0.29) is 18.2 Å². The first-order valence-electron chi connectivity index (χ1n) is 9.60. The van der Waals surface area contributed by atoms with Gasteiger partial charge in [-0.3, -0.25) is 4.79 Å². The van der Waals surface area contributed by atoms with Gasteiger partial charge in [-0.25, -0.2) is 0 Å². The Labute approximate surface area is 175 Å². The molecular formula is C24H23NO5. The lowest BCUT2D eigenvalue weighted by Gasteiger charge is -2.28. The number of ether oxygens (including phenoxy) is 4. The van der Waals surface area contributed by atoms with Crippen LogP contribution in [0.4, 0.5) is 5.69 Å². The van der Waals surface area contributed by atoms with Gasteiger partial charge < -0.3 is 24.3 Å². The van der Waals surface area contributed by atoms with Gasteiger partial charge in [-0.15, -0.1) is 0 Å². The summed E-state index contributed by atoms with van der Waals surface area (Å²) in [6.07, 6.45) is 0.246. The minimum absolute atomic E-state index is 0.124. The van der Waals surface area contributed by atoms with Crippen molar-refractivity contribution < 1.29 is 23.7 Å².